The van der Waals surface area contributed by atoms with Gasteiger partial charge in [0.15, 0.2) is 5.11 Å². The van der Waals surface area contributed by atoms with E-state index in [0.29, 0.717) is 23.9 Å². The normalized spacial score (nSPS) is 22.0. The number of likely N-dealkylation sites (N-methyl/N-ethyl adjacent to an activating group) is 1. The molecule has 0 spiro atoms. The number of hydrogen-bond donors (Lipinski definition) is 0. The zero-order valence-corrected chi connectivity index (χ0v) is 13.5. The molecule has 1 atom stereocenters. The van der Waals surface area contributed by atoms with Crippen LogP contribution in [0.2, 0.25) is 0 Å². The van der Waals surface area contributed by atoms with Gasteiger partial charge in [0.25, 0.3) is 0 Å². The summed E-state index contributed by atoms with van der Waals surface area (Å²) in [5, 5.41) is 0.551. The fourth-order valence-corrected chi connectivity index (χ4v) is 3.12. The summed E-state index contributed by atoms with van der Waals surface area (Å²) in [6.07, 6.45) is 0.370. The average Bonchev–Trinajstić information content (AvgIpc) is 3.03. The number of thiocarbonyl (C=S) groups is 1. The van der Waals surface area contributed by atoms with Crippen molar-refractivity contribution in [3.05, 3.63) is 35.9 Å². The van der Waals surface area contributed by atoms with Gasteiger partial charge in [0.1, 0.15) is 5.84 Å². The number of amides is 1. The molecular formula is C16H18N4OS. The van der Waals surface area contributed by atoms with Crippen molar-refractivity contribution in [3.8, 4) is 0 Å². The molecule has 0 aromatic heterocycles. The molecule has 6 heteroatoms. The predicted octanol–water partition coefficient (Wildman–Crippen LogP) is 1.73. The van der Waals surface area contributed by atoms with Gasteiger partial charge in [-0.2, -0.15) is 0 Å². The quantitative estimate of drug-likeness (QED) is 0.798. The summed E-state index contributed by atoms with van der Waals surface area (Å²) in [6, 6.07) is 9.86. The number of aliphatic imine (C=N–C) groups is 2. The second-order valence-corrected chi connectivity index (χ2v) is 5.71. The van der Waals surface area contributed by atoms with Crippen molar-refractivity contribution in [1.29, 1.82) is 0 Å². The van der Waals surface area contributed by atoms with E-state index >= 15 is 0 Å². The Morgan fingerprint density at radius 3 is 2.73 bits per heavy atom. The van der Waals surface area contributed by atoms with Gasteiger partial charge >= 0.3 is 0 Å². The number of carbonyl (C=O) groups excluding carboxylic acids is 1. The zero-order chi connectivity index (χ0) is 15.7. The second kappa shape index (κ2) is 5.96. The maximum atomic E-state index is 12.1. The van der Waals surface area contributed by atoms with E-state index in [1.165, 1.54) is 4.90 Å². The van der Waals surface area contributed by atoms with E-state index in [1.807, 2.05) is 42.2 Å². The Balaban J connectivity index is 1.86. The molecule has 3 rings (SSSR count). The van der Waals surface area contributed by atoms with Gasteiger partial charge < -0.3 is 4.90 Å². The van der Waals surface area contributed by atoms with Gasteiger partial charge in [-0.25, -0.2) is 4.99 Å². The van der Waals surface area contributed by atoms with E-state index in [-0.39, 0.29) is 11.9 Å². The standard InChI is InChI=1S/C16H18N4OS/c1-3-20-13(9-14(21)19(2)16(20)22)15-17-10-12(18-15)11-7-5-4-6-8-11/h4-8,13H,3,9-10H2,1-2H3. The summed E-state index contributed by atoms with van der Waals surface area (Å²) in [7, 11) is 1.72. The van der Waals surface area contributed by atoms with Crippen LogP contribution in [0, 0.1) is 0 Å². The number of benzene rings is 1. The molecule has 1 saturated heterocycles. The lowest BCUT2D eigenvalue weighted by molar-refractivity contribution is -0.128. The molecule has 114 valence electrons. The van der Waals surface area contributed by atoms with Crippen LogP contribution in [0.4, 0.5) is 0 Å². The Bertz CT molecular complexity index is 668. The van der Waals surface area contributed by atoms with Gasteiger partial charge in [0.05, 0.1) is 24.7 Å². The van der Waals surface area contributed by atoms with Gasteiger partial charge in [0.2, 0.25) is 5.91 Å². The van der Waals surface area contributed by atoms with Crippen LogP contribution in [-0.4, -0.2) is 58.5 Å². The van der Waals surface area contributed by atoms with Gasteiger partial charge in [0, 0.05) is 13.6 Å². The molecule has 2 heterocycles. The fourth-order valence-electron chi connectivity index (χ4n) is 2.76. The van der Waals surface area contributed by atoms with Crippen LogP contribution < -0.4 is 0 Å². The SMILES string of the molecule is CCN1C(=S)N(C)C(=O)CC1C1=NCC(c2ccccc2)=N1. The maximum Gasteiger partial charge on any atom is 0.231 e. The van der Waals surface area contributed by atoms with E-state index in [0.717, 1.165) is 17.8 Å². The first-order chi connectivity index (χ1) is 10.6. The highest BCUT2D eigenvalue weighted by Gasteiger charge is 2.37. The molecule has 1 aromatic rings. The zero-order valence-electron chi connectivity index (χ0n) is 12.7. The van der Waals surface area contributed by atoms with E-state index < -0.39 is 0 Å². The number of rotatable bonds is 3. The maximum absolute atomic E-state index is 12.1. The predicted molar refractivity (Wildman–Crippen MR) is 91.4 cm³/mol. The van der Waals surface area contributed by atoms with Crippen molar-refractivity contribution in [3.63, 3.8) is 0 Å². The Labute approximate surface area is 135 Å². The first kappa shape index (κ1) is 14.8. The minimum absolute atomic E-state index is 0.0192. The molecule has 22 heavy (non-hydrogen) atoms. The largest absolute Gasteiger partial charge is 0.338 e. The van der Waals surface area contributed by atoms with E-state index in [4.69, 9.17) is 12.2 Å². The molecule has 0 saturated carbocycles. The third-order valence-corrected chi connectivity index (χ3v) is 4.55. The number of carbonyl (C=O) groups is 1. The number of hydrogen-bond acceptors (Lipinski definition) is 4. The van der Waals surface area contributed by atoms with Crippen molar-refractivity contribution >= 4 is 34.8 Å². The Kier molecular flexibility index (Phi) is 4.02. The Morgan fingerprint density at radius 1 is 1.32 bits per heavy atom. The highest BCUT2D eigenvalue weighted by Crippen LogP contribution is 2.21. The summed E-state index contributed by atoms with van der Waals surface area (Å²) >= 11 is 5.39. The van der Waals surface area contributed by atoms with E-state index in [1.54, 1.807) is 7.05 Å². The van der Waals surface area contributed by atoms with Gasteiger partial charge in [-0.05, 0) is 24.7 Å². The number of amidine groups is 1. The molecule has 2 aliphatic rings. The molecule has 2 aliphatic heterocycles. The van der Waals surface area contributed by atoms with Crippen LogP contribution in [-0.2, 0) is 4.79 Å². The molecule has 5 nitrogen and oxygen atoms in total. The lowest BCUT2D eigenvalue weighted by Gasteiger charge is -2.40. The molecule has 0 N–H and O–H groups in total. The molecular weight excluding hydrogens is 296 g/mol. The lowest BCUT2D eigenvalue weighted by atomic mass is 10.1. The van der Waals surface area contributed by atoms with Crippen LogP contribution >= 0.6 is 12.2 Å². The first-order valence-corrected chi connectivity index (χ1v) is 7.77. The van der Waals surface area contributed by atoms with Crippen LogP contribution in [0.15, 0.2) is 40.3 Å². The second-order valence-electron chi connectivity index (χ2n) is 5.34. The topological polar surface area (TPSA) is 48.3 Å². The van der Waals surface area contributed by atoms with Crippen molar-refractivity contribution in [2.24, 2.45) is 9.98 Å². The number of nitrogens with zero attached hydrogens (tertiary/aromatic N) is 4. The van der Waals surface area contributed by atoms with Crippen molar-refractivity contribution in [1.82, 2.24) is 9.80 Å². The van der Waals surface area contributed by atoms with Gasteiger partial charge in [-0.15, -0.1) is 0 Å². The fraction of sp³-hybridized carbons (Fsp3) is 0.375. The van der Waals surface area contributed by atoms with E-state index in [9.17, 15) is 4.79 Å². The molecule has 0 bridgehead atoms. The summed E-state index contributed by atoms with van der Waals surface area (Å²) in [4.78, 5) is 24.9. The van der Waals surface area contributed by atoms with Crippen molar-refractivity contribution < 1.29 is 4.79 Å². The highest BCUT2D eigenvalue weighted by atomic mass is 32.1. The van der Waals surface area contributed by atoms with Crippen molar-refractivity contribution in [2.75, 3.05) is 20.1 Å². The van der Waals surface area contributed by atoms with Crippen LogP contribution in [0.3, 0.4) is 0 Å². The summed E-state index contributed by atoms with van der Waals surface area (Å²) < 4.78 is 0. The minimum Gasteiger partial charge on any atom is -0.338 e. The molecule has 1 amide bonds. The third-order valence-electron chi connectivity index (χ3n) is 4.04. The van der Waals surface area contributed by atoms with Crippen molar-refractivity contribution in [2.45, 2.75) is 19.4 Å². The van der Waals surface area contributed by atoms with Crippen LogP contribution in [0.1, 0.15) is 18.9 Å². The Morgan fingerprint density at radius 2 is 2.05 bits per heavy atom. The summed E-state index contributed by atoms with van der Waals surface area (Å²) in [5.41, 5.74) is 2.02. The molecule has 1 fully saturated rings. The monoisotopic (exact) mass is 314 g/mol. The molecule has 0 aliphatic carbocycles. The lowest BCUT2D eigenvalue weighted by Crippen LogP contribution is -2.57. The van der Waals surface area contributed by atoms with Crippen LogP contribution in [0.5, 0.6) is 0 Å². The smallest absolute Gasteiger partial charge is 0.231 e. The van der Waals surface area contributed by atoms with Crippen LogP contribution in [0.25, 0.3) is 0 Å². The first-order valence-electron chi connectivity index (χ1n) is 7.36. The average molecular weight is 314 g/mol. The van der Waals surface area contributed by atoms with Gasteiger partial charge in [-0.1, -0.05) is 30.3 Å². The summed E-state index contributed by atoms with van der Waals surface area (Å²) in [5.74, 6) is 0.732. The summed E-state index contributed by atoms with van der Waals surface area (Å²) in [6.45, 7) is 3.32. The Hall–Kier alpha value is -2.08. The minimum atomic E-state index is -0.151. The van der Waals surface area contributed by atoms with Gasteiger partial charge in [-0.3, -0.25) is 14.7 Å². The van der Waals surface area contributed by atoms with E-state index in [2.05, 4.69) is 9.98 Å². The highest BCUT2D eigenvalue weighted by molar-refractivity contribution is 7.80. The molecule has 0 radical (unpaired) electrons. The third kappa shape index (κ3) is 2.54. The molecule has 1 aromatic carbocycles. The molecule has 1 unspecified atom stereocenters.